The maximum atomic E-state index is 12.2. The van der Waals surface area contributed by atoms with Gasteiger partial charge in [-0.05, 0) is 37.0 Å². The van der Waals surface area contributed by atoms with Crippen molar-refractivity contribution in [2.45, 2.75) is 50.7 Å². The third kappa shape index (κ3) is 2.91. The van der Waals surface area contributed by atoms with E-state index in [1.54, 1.807) is 6.92 Å². The third-order valence-corrected chi connectivity index (χ3v) is 4.69. The van der Waals surface area contributed by atoms with E-state index in [1.807, 2.05) is 29.2 Å². The molecule has 112 valence electrons. The maximum absolute atomic E-state index is 12.2. The minimum atomic E-state index is -0.00682. The molecule has 0 saturated carbocycles. The number of carbonyl (C=O) groups is 2. The average Bonchev–Trinajstić information content (AvgIpc) is 2.80. The van der Waals surface area contributed by atoms with Gasteiger partial charge in [0.15, 0.2) is 0 Å². The third-order valence-electron chi connectivity index (χ3n) is 4.44. The monoisotopic (exact) mass is 306 g/mol. The second-order valence-electron chi connectivity index (χ2n) is 5.93. The largest absolute Gasteiger partial charge is 0.353 e. The molecule has 3 rings (SSSR count). The topological polar surface area (TPSA) is 49.4 Å². The molecule has 1 N–H and O–H groups in total. The number of halogens is 1. The number of carbonyl (C=O) groups excluding carboxylic acids is 2. The van der Waals surface area contributed by atoms with Gasteiger partial charge in [-0.2, -0.15) is 0 Å². The molecule has 2 heterocycles. The van der Waals surface area contributed by atoms with Crippen molar-refractivity contribution in [1.82, 2.24) is 10.2 Å². The number of nitrogens with zero attached hydrogens (tertiary/aromatic N) is 1. The highest BCUT2D eigenvalue weighted by atomic mass is 35.5. The molecule has 2 saturated heterocycles. The predicted molar refractivity (Wildman–Crippen MR) is 80.9 cm³/mol. The Hall–Kier alpha value is -1.55. The SMILES string of the molecule is CC(=O)NC1CC2CCC(=O)N2C(c2ccc(Cl)cc2)C1. The van der Waals surface area contributed by atoms with E-state index in [1.165, 1.54) is 0 Å². The van der Waals surface area contributed by atoms with Crippen LogP contribution in [-0.2, 0) is 9.59 Å². The summed E-state index contributed by atoms with van der Waals surface area (Å²) in [5.41, 5.74) is 1.09. The summed E-state index contributed by atoms with van der Waals surface area (Å²) >= 11 is 5.95. The minimum Gasteiger partial charge on any atom is -0.353 e. The Labute approximate surface area is 129 Å². The summed E-state index contributed by atoms with van der Waals surface area (Å²) < 4.78 is 0. The van der Waals surface area contributed by atoms with E-state index >= 15 is 0 Å². The molecule has 0 aliphatic carbocycles. The summed E-state index contributed by atoms with van der Waals surface area (Å²) in [7, 11) is 0. The van der Waals surface area contributed by atoms with E-state index in [0.717, 1.165) is 24.8 Å². The molecular weight excluding hydrogens is 288 g/mol. The van der Waals surface area contributed by atoms with Crippen LogP contribution in [0.25, 0.3) is 0 Å². The van der Waals surface area contributed by atoms with E-state index < -0.39 is 0 Å². The first-order chi connectivity index (χ1) is 10.0. The molecule has 3 unspecified atom stereocenters. The van der Waals surface area contributed by atoms with Crippen LogP contribution in [0.4, 0.5) is 0 Å². The number of piperidine rings is 1. The Kier molecular flexibility index (Phi) is 3.89. The lowest BCUT2D eigenvalue weighted by molar-refractivity contribution is -0.133. The highest BCUT2D eigenvalue weighted by Gasteiger charge is 2.42. The summed E-state index contributed by atoms with van der Waals surface area (Å²) in [6.45, 7) is 1.55. The highest BCUT2D eigenvalue weighted by Crippen LogP contribution is 2.40. The van der Waals surface area contributed by atoms with Crippen LogP contribution in [0.1, 0.15) is 44.2 Å². The molecule has 2 aliphatic heterocycles. The van der Waals surface area contributed by atoms with Crippen molar-refractivity contribution >= 4 is 23.4 Å². The normalized spacial score (nSPS) is 28.4. The molecule has 1 aromatic rings. The summed E-state index contributed by atoms with van der Waals surface area (Å²) in [6, 6.07) is 8.08. The van der Waals surface area contributed by atoms with Gasteiger partial charge in [0.1, 0.15) is 0 Å². The number of fused-ring (bicyclic) bond motifs is 1. The fourth-order valence-electron chi connectivity index (χ4n) is 3.62. The first-order valence-electron chi connectivity index (χ1n) is 7.38. The van der Waals surface area contributed by atoms with Crippen molar-refractivity contribution in [1.29, 1.82) is 0 Å². The van der Waals surface area contributed by atoms with Gasteiger partial charge in [0.25, 0.3) is 0 Å². The Morgan fingerprint density at radius 2 is 2.00 bits per heavy atom. The lowest BCUT2D eigenvalue weighted by atomic mass is 9.88. The van der Waals surface area contributed by atoms with E-state index in [2.05, 4.69) is 5.32 Å². The fraction of sp³-hybridized carbons (Fsp3) is 0.500. The van der Waals surface area contributed by atoms with E-state index in [4.69, 9.17) is 11.6 Å². The molecule has 1 aromatic carbocycles. The Bertz CT molecular complexity index is 558. The standard InChI is InChI=1S/C16H19ClN2O2/c1-10(20)18-13-8-14-6-7-16(21)19(14)15(9-13)11-2-4-12(17)5-3-11/h2-5,13-15H,6-9H2,1H3,(H,18,20). The van der Waals surface area contributed by atoms with Crippen molar-refractivity contribution in [2.24, 2.45) is 0 Å². The molecule has 2 aliphatic rings. The Balaban J connectivity index is 1.88. The number of amides is 2. The van der Waals surface area contributed by atoms with E-state index in [9.17, 15) is 9.59 Å². The zero-order valence-corrected chi connectivity index (χ0v) is 12.8. The van der Waals surface area contributed by atoms with Crippen LogP contribution in [-0.4, -0.2) is 28.8 Å². The fourth-order valence-corrected chi connectivity index (χ4v) is 3.74. The minimum absolute atomic E-state index is 0.00682. The van der Waals surface area contributed by atoms with Gasteiger partial charge in [0.05, 0.1) is 6.04 Å². The van der Waals surface area contributed by atoms with Crippen LogP contribution in [0.3, 0.4) is 0 Å². The zero-order valence-electron chi connectivity index (χ0n) is 12.0. The molecule has 21 heavy (non-hydrogen) atoms. The molecular formula is C16H19ClN2O2. The molecule has 0 radical (unpaired) electrons. The maximum Gasteiger partial charge on any atom is 0.223 e. The second-order valence-corrected chi connectivity index (χ2v) is 6.37. The van der Waals surface area contributed by atoms with Gasteiger partial charge < -0.3 is 10.2 Å². The second kappa shape index (κ2) is 5.68. The number of hydrogen-bond donors (Lipinski definition) is 1. The molecule has 2 amide bonds. The number of rotatable bonds is 2. The first-order valence-corrected chi connectivity index (χ1v) is 7.76. The quantitative estimate of drug-likeness (QED) is 0.913. The van der Waals surface area contributed by atoms with Gasteiger partial charge in [0, 0.05) is 30.5 Å². The Morgan fingerprint density at radius 1 is 1.29 bits per heavy atom. The van der Waals surface area contributed by atoms with Crippen molar-refractivity contribution in [3.63, 3.8) is 0 Å². The van der Waals surface area contributed by atoms with Gasteiger partial charge in [-0.1, -0.05) is 23.7 Å². The Morgan fingerprint density at radius 3 is 2.67 bits per heavy atom. The van der Waals surface area contributed by atoms with Crippen LogP contribution < -0.4 is 5.32 Å². The van der Waals surface area contributed by atoms with Crippen LogP contribution in [0.2, 0.25) is 5.02 Å². The molecule has 2 fully saturated rings. The summed E-state index contributed by atoms with van der Waals surface area (Å²) in [5, 5.41) is 3.71. The van der Waals surface area contributed by atoms with E-state index in [-0.39, 0.29) is 29.9 Å². The van der Waals surface area contributed by atoms with Crippen molar-refractivity contribution in [3.05, 3.63) is 34.9 Å². The number of nitrogens with one attached hydrogen (secondary N) is 1. The van der Waals surface area contributed by atoms with Crippen molar-refractivity contribution < 1.29 is 9.59 Å². The van der Waals surface area contributed by atoms with E-state index in [0.29, 0.717) is 11.4 Å². The number of benzene rings is 1. The molecule has 0 spiro atoms. The van der Waals surface area contributed by atoms with Gasteiger partial charge in [0.2, 0.25) is 11.8 Å². The summed E-state index contributed by atoms with van der Waals surface area (Å²) in [6.07, 6.45) is 3.12. The molecule has 0 bridgehead atoms. The van der Waals surface area contributed by atoms with Crippen LogP contribution in [0.5, 0.6) is 0 Å². The van der Waals surface area contributed by atoms with Gasteiger partial charge in [-0.3, -0.25) is 9.59 Å². The first kappa shape index (κ1) is 14.4. The van der Waals surface area contributed by atoms with Gasteiger partial charge in [-0.15, -0.1) is 0 Å². The molecule has 0 aromatic heterocycles. The van der Waals surface area contributed by atoms with Crippen molar-refractivity contribution in [3.8, 4) is 0 Å². The smallest absolute Gasteiger partial charge is 0.223 e. The van der Waals surface area contributed by atoms with Crippen LogP contribution in [0, 0.1) is 0 Å². The highest BCUT2D eigenvalue weighted by molar-refractivity contribution is 6.30. The van der Waals surface area contributed by atoms with Gasteiger partial charge in [-0.25, -0.2) is 0 Å². The van der Waals surface area contributed by atoms with Gasteiger partial charge >= 0.3 is 0 Å². The molecule has 3 atom stereocenters. The average molecular weight is 307 g/mol. The van der Waals surface area contributed by atoms with Crippen LogP contribution in [0.15, 0.2) is 24.3 Å². The molecule has 4 nitrogen and oxygen atoms in total. The lowest BCUT2D eigenvalue weighted by Crippen LogP contribution is -2.49. The number of hydrogen-bond acceptors (Lipinski definition) is 2. The lowest BCUT2D eigenvalue weighted by Gasteiger charge is -2.42. The van der Waals surface area contributed by atoms with Crippen LogP contribution >= 0.6 is 11.6 Å². The summed E-state index contributed by atoms with van der Waals surface area (Å²) in [5.74, 6) is 0.217. The predicted octanol–water partition coefficient (Wildman–Crippen LogP) is 2.67. The van der Waals surface area contributed by atoms with Crippen molar-refractivity contribution in [2.75, 3.05) is 0 Å². The zero-order chi connectivity index (χ0) is 15.0. The summed E-state index contributed by atoms with van der Waals surface area (Å²) in [4.78, 5) is 25.6. The molecule has 5 heteroatoms.